The van der Waals surface area contributed by atoms with E-state index in [1.165, 1.54) is 5.56 Å². The summed E-state index contributed by atoms with van der Waals surface area (Å²) in [6, 6.07) is 10.5. The number of hydrogen-bond donors (Lipinski definition) is 2. The molecule has 0 aliphatic carbocycles. The Morgan fingerprint density at radius 2 is 2.06 bits per heavy atom. The van der Waals surface area contributed by atoms with E-state index in [4.69, 9.17) is 5.73 Å². The summed E-state index contributed by atoms with van der Waals surface area (Å²) in [6.07, 6.45) is 1.68. The van der Waals surface area contributed by atoms with Gasteiger partial charge in [0, 0.05) is 19.1 Å². The van der Waals surface area contributed by atoms with E-state index in [9.17, 15) is 5.11 Å². The molecule has 0 saturated carbocycles. The zero-order valence-corrected chi connectivity index (χ0v) is 9.55. The van der Waals surface area contributed by atoms with Crippen molar-refractivity contribution in [3.05, 3.63) is 35.9 Å². The lowest BCUT2D eigenvalue weighted by Crippen LogP contribution is -2.51. The Morgan fingerprint density at radius 3 is 2.75 bits per heavy atom. The highest BCUT2D eigenvalue weighted by Gasteiger charge is 2.28. The van der Waals surface area contributed by atoms with Gasteiger partial charge in [0.15, 0.2) is 0 Å². The molecule has 16 heavy (non-hydrogen) atoms. The molecule has 1 heterocycles. The van der Waals surface area contributed by atoms with Crippen molar-refractivity contribution >= 4 is 0 Å². The third-order valence-corrected chi connectivity index (χ3v) is 3.33. The normalized spacial score (nSPS) is 26.9. The Labute approximate surface area is 96.9 Å². The predicted molar refractivity (Wildman–Crippen MR) is 64.9 cm³/mol. The second kappa shape index (κ2) is 5.43. The van der Waals surface area contributed by atoms with Crippen LogP contribution in [0.1, 0.15) is 18.4 Å². The fourth-order valence-electron chi connectivity index (χ4n) is 2.43. The monoisotopic (exact) mass is 220 g/mol. The second-order valence-electron chi connectivity index (χ2n) is 4.47. The van der Waals surface area contributed by atoms with Crippen molar-refractivity contribution in [3.63, 3.8) is 0 Å². The lowest BCUT2D eigenvalue weighted by molar-refractivity contribution is 0.0110. The van der Waals surface area contributed by atoms with Gasteiger partial charge in [-0.05, 0) is 24.9 Å². The van der Waals surface area contributed by atoms with Gasteiger partial charge >= 0.3 is 0 Å². The van der Waals surface area contributed by atoms with E-state index in [0.29, 0.717) is 6.54 Å². The Hall–Kier alpha value is -0.900. The van der Waals surface area contributed by atoms with Crippen molar-refractivity contribution in [2.75, 3.05) is 13.1 Å². The summed E-state index contributed by atoms with van der Waals surface area (Å²) in [7, 11) is 0. The molecule has 0 bridgehead atoms. The smallest absolute Gasteiger partial charge is 0.0708 e. The molecule has 1 aliphatic heterocycles. The number of rotatable bonds is 3. The number of hydrogen-bond acceptors (Lipinski definition) is 3. The molecular weight excluding hydrogens is 200 g/mol. The van der Waals surface area contributed by atoms with Crippen LogP contribution < -0.4 is 5.73 Å². The maximum Gasteiger partial charge on any atom is 0.0708 e. The van der Waals surface area contributed by atoms with Gasteiger partial charge in [0.1, 0.15) is 0 Å². The quantitative estimate of drug-likeness (QED) is 0.798. The van der Waals surface area contributed by atoms with Crippen LogP contribution in [0.3, 0.4) is 0 Å². The summed E-state index contributed by atoms with van der Waals surface area (Å²) in [5.41, 5.74) is 7.02. The maximum atomic E-state index is 9.90. The first-order chi connectivity index (χ1) is 7.81. The van der Waals surface area contributed by atoms with Gasteiger partial charge in [-0.2, -0.15) is 0 Å². The highest BCUT2D eigenvalue weighted by Crippen LogP contribution is 2.19. The number of nitrogens with two attached hydrogens (primary N) is 1. The van der Waals surface area contributed by atoms with E-state index >= 15 is 0 Å². The lowest BCUT2D eigenvalue weighted by Gasteiger charge is -2.38. The minimum atomic E-state index is -0.262. The summed E-state index contributed by atoms with van der Waals surface area (Å²) in [6.45, 7) is 2.46. The lowest BCUT2D eigenvalue weighted by atomic mass is 9.98. The molecule has 2 atom stereocenters. The molecule has 3 N–H and O–H groups in total. The molecule has 2 unspecified atom stereocenters. The molecule has 0 spiro atoms. The highest BCUT2D eigenvalue weighted by atomic mass is 16.3. The molecule has 1 aliphatic rings. The fraction of sp³-hybridized carbons (Fsp3) is 0.538. The molecule has 1 aromatic carbocycles. The largest absolute Gasteiger partial charge is 0.391 e. The third-order valence-electron chi connectivity index (χ3n) is 3.33. The van der Waals surface area contributed by atoms with Gasteiger partial charge in [-0.15, -0.1) is 0 Å². The highest BCUT2D eigenvalue weighted by molar-refractivity contribution is 5.14. The van der Waals surface area contributed by atoms with E-state index in [0.717, 1.165) is 25.9 Å². The predicted octanol–water partition coefficient (Wildman–Crippen LogP) is 0.971. The van der Waals surface area contributed by atoms with Crippen molar-refractivity contribution in [1.82, 2.24) is 4.90 Å². The van der Waals surface area contributed by atoms with Crippen molar-refractivity contribution in [2.24, 2.45) is 5.73 Å². The SMILES string of the molecule is NCC1C(O)CCCN1Cc1ccccc1. The molecule has 0 radical (unpaired) electrons. The fourth-order valence-corrected chi connectivity index (χ4v) is 2.43. The summed E-state index contributed by atoms with van der Waals surface area (Å²) < 4.78 is 0. The van der Waals surface area contributed by atoms with Gasteiger partial charge in [0.2, 0.25) is 0 Å². The van der Waals surface area contributed by atoms with Gasteiger partial charge in [0.25, 0.3) is 0 Å². The minimum Gasteiger partial charge on any atom is -0.391 e. The molecule has 0 aromatic heterocycles. The molecule has 1 aromatic rings. The average Bonchev–Trinajstić information content (AvgIpc) is 2.31. The van der Waals surface area contributed by atoms with Gasteiger partial charge in [0.05, 0.1) is 6.10 Å². The zero-order valence-electron chi connectivity index (χ0n) is 9.55. The van der Waals surface area contributed by atoms with Crippen LogP contribution >= 0.6 is 0 Å². The van der Waals surface area contributed by atoms with Crippen LogP contribution in [-0.2, 0) is 6.54 Å². The van der Waals surface area contributed by atoms with E-state index < -0.39 is 0 Å². The van der Waals surface area contributed by atoms with Crippen molar-refractivity contribution in [3.8, 4) is 0 Å². The standard InChI is InChI=1S/C13H20N2O/c14-9-12-13(16)7-4-8-15(12)10-11-5-2-1-3-6-11/h1-3,5-6,12-13,16H,4,7-10,14H2. The molecule has 0 amide bonds. The van der Waals surface area contributed by atoms with E-state index in [1.807, 2.05) is 18.2 Å². The van der Waals surface area contributed by atoms with Crippen LogP contribution in [0.25, 0.3) is 0 Å². The summed E-state index contributed by atoms with van der Waals surface area (Å²) in [4.78, 5) is 2.30. The number of piperidine rings is 1. The minimum absolute atomic E-state index is 0.119. The molecule has 1 fully saturated rings. The maximum absolute atomic E-state index is 9.90. The number of aliphatic hydroxyl groups is 1. The summed E-state index contributed by atoms with van der Waals surface area (Å²) >= 11 is 0. The first-order valence-electron chi connectivity index (χ1n) is 5.97. The first kappa shape index (κ1) is 11.6. The van der Waals surface area contributed by atoms with Crippen LogP contribution in [0, 0.1) is 0 Å². The summed E-state index contributed by atoms with van der Waals surface area (Å²) in [5, 5.41) is 9.90. The Bertz CT molecular complexity index is 315. The Balaban J connectivity index is 2.02. The van der Waals surface area contributed by atoms with Crippen LogP contribution in [0.15, 0.2) is 30.3 Å². The zero-order chi connectivity index (χ0) is 11.4. The molecule has 3 heteroatoms. The van der Waals surface area contributed by atoms with Crippen molar-refractivity contribution in [2.45, 2.75) is 31.5 Å². The van der Waals surface area contributed by atoms with Gasteiger partial charge in [-0.1, -0.05) is 30.3 Å². The molecule has 1 saturated heterocycles. The number of likely N-dealkylation sites (tertiary alicyclic amines) is 1. The molecule has 2 rings (SSSR count). The van der Waals surface area contributed by atoms with E-state index in [1.54, 1.807) is 0 Å². The van der Waals surface area contributed by atoms with E-state index in [2.05, 4.69) is 17.0 Å². The molecule has 88 valence electrons. The van der Waals surface area contributed by atoms with E-state index in [-0.39, 0.29) is 12.1 Å². The number of aliphatic hydroxyl groups excluding tert-OH is 1. The Morgan fingerprint density at radius 1 is 1.31 bits per heavy atom. The third kappa shape index (κ3) is 2.61. The van der Waals surface area contributed by atoms with Crippen LogP contribution in [0.5, 0.6) is 0 Å². The topological polar surface area (TPSA) is 49.5 Å². The molecular formula is C13H20N2O. The average molecular weight is 220 g/mol. The van der Waals surface area contributed by atoms with Crippen molar-refractivity contribution < 1.29 is 5.11 Å². The Kier molecular flexibility index (Phi) is 3.93. The summed E-state index contributed by atoms with van der Waals surface area (Å²) in [5.74, 6) is 0. The van der Waals surface area contributed by atoms with Crippen LogP contribution in [0.4, 0.5) is 0 Å². The second-order valence-corrected chi connectivity index (χ2v) is 4.47. The van der Waals surface area contributed by atoms with Gasteiger partial charge < -0.3 is 10.8 Å². The number of benzene rings is 1. The first-order valence-corrected chi connectivity index (χ1v) is 5.97. The number of nitrogens with zero attached hydrogens (tertiary/aromatic N) is 1. The van der Waals surface area contributed by atoms with Crippen LogP contribution in [0.2, 0.25) is 0 Å². The van der Waals surface area contributed by atoms with Crippen LogP contribution in [-0.4, -0.2) is 35.2 Å². The van der Waals surface area contributed by atoms with Gasteiger partial charge in [-0.3, -0.25) is 4.90 Å². The van der Waals surface area contributed by atoms with Gasteiger partial charge in [-0.25, -0.2) is 0 Å². The van der Waals surface area contributed by atoms with Crippen molar-refractivity contribution in [1.29, 1.82) is 0 Å². The molecule has 3 nitrogen and oxygen atoms in total.